The van der Waals surface area contributed by atoms with Gasteiger partial charge in [-0.3, -0.25) is 0 Å². The Morgan fingerprint density at radius 1 is 1.25 bits per heavy atom. The summed E-state index contributed by atoms with van der Waals surface area (Å²) in [5, 5.41) is 4.67. The number of aromatic nitrogens is 3. The lowest BCUT2D eigenvalue weighted by molar-refractivity contribution is 0.138. The molecule has 3 rings (SSSR count). The first-order valence-electron chi connectivity index (χ1n) is 8.06. The molecule has 2 aliphatic heterocycles. The van der Waals surface area contributed by atoms with Gasteiger partial charge in [0.05, 0.1) is 6.04 Å². The lowest BCUT2D eigenvalue weighted by Gasteiger charge is -2.35. The van der Waals surface area contributed by atoms with Crippen molar-refractivity contribution in [1.82, 2.24) is 19.7 Å². The number of hydrogen-bond donors (Lipinski definition) is 1. The van der Waals surface area contributed by atoms with Gasteiger partial charge < -0.3 is 10.6 Å². The molecule has 112 valence electrons. The Labute approximate surface area is 121 Å². The molecule has 2 atom stereocenters. The summed E-state index contributed by atoms with van der Waals surface area (Å²) < 4.78 is 2.03. The first kappa shape index (κ1) is 14.0. The van der Waals surface area contributed by atoms with Crippen LogP contribution in [0.25, 0.3) is 0 Å². The zero-order valence-corrected chi connectivity index (χ0v) is 12.8. The number of aryl methyl sites for hydroxylation is 1. The molecule has 0 spiro atoms. The van der Waals surface area contributed by atoms with Crippen LogP contribution in [0.3, 0.4) is 0 Å². The SMILES string of the molecule is CC(C)N1CCCC(Cc2nc3n(n2)CCCC3N)C1. The number of hydrogen-bond acceptors (Lipinski definition) is 4. The monoisotopic (exact) mass is 277 g/mol. The highest BCUT2D eigenvalue weighted by molar-refractivity contribution is 5.02. The molecule has 0 radical (unpaired) electrons. The van der Waals surface area contributed by atoms with Crippen LogP contribution in [0, 0.1) is 5.92 Å². The Hall–Kier alpha value is -0.940. The third-order valence-corrected chi connectivity index (χ3v) is 4.71. The standard InChI is InChI=1S/C15H27N5/c1-11(2)19-7-3-5-12(10-19)9-14-17-15-13(16)6-4-8-20(15)18-14/h11-13H,3-10,16H2,1-2H3. The van der Waals surface area contributed by atoms with Crippen LogP contribution < -0.4 is 5.73 Å². The highest BCUT2D eigenvalue weighted by Gasteiger charge is 2.25. The molecular weight excluding hydrogens is 250 g/mol. The molecule has 2 unspecified atom stereocenters. The molecule has 3 heterocycles. The summed E-state index contributed by atoms with van der Waals surface area (Å²) in [6, 6.07) is 0.734. The largest absolute Gasteiger partial charge is 0.321 e. The second-order valence-corrected chi connectivity index (χ2v) is 6.66. The molecule has 2 aliphatic rings. The van der Waals surface area contributed by atoms with Gasteiger partial charge in [0.15, 0.2) is 5.82 Å². The third kappa shape index (κ3) is 2.88. The van der Waals surface area contributed by atoms with E-state index in [-0.39, 0.29) is 6.04 Å². The third-order valence-electron chi connectivity index (χ3n) is 4.71. The van der Waals surface area contributed by atoms with E-state index in [1.165, 1.54) is 25.9 Å². The molecule has 0 saturated carbocycles. The van der Waals surface area contributed by atoms with Crippen molar-refractivity contribution in [3.05, 3.63) is 11.6 Å². The van der Waals surface area contributed by atoms with E-state index in [9.17, 15) is 0 Å². The average molecular weight is 277 g/mol. The van der Waals surface area contributed by atoms with Gasteiger partial charge in [-0.25, -0.2) is 9.67 Å². The summed E-state index contributed by atoms with van der Waals surface area (Å²) in [5.41, 5.74) is 6.12. The van der Waals surface area contributed by atoms with Gasteiger partial charge in [-0.1, -0.05) is 0 Å². The molecule has 0 bridgehead atoms. The number of rotatable bonds is 3. The molecule has 0 amide bonds. The van der Waals surface area contributed by atoms with Crippen molar-refractivity contribution >= 4 is 0 Å². The van der Waals surface area contributed by atoms with Gasteiger partial charge in [0, 0.05) is 25.6 Å². The fraction of sp³-hybridized carbons (Fsp3) is 0.867. The Morgan fingerprint density at radius 3 is 2.80 bits per heavy atom. The minimum absolute atomic E-state index is 0.0866. The van der Waals surface area contributed by atoms with Crippen LogP contribution in [-0.2, 0) is 13.0 Å². The Bertz CT molecular complexity index is 453. The van der Waals surface area contributed by atoms with Crippen molar-refractivity contribution in [3.63, 3.8) is 0 Å². The second kappa shape index (κ2) is 5.82. The quantitative estimate of drug-likeness (QED) is 0.914. The predicted molar refractivity (Wildman–Crippen MR) is 79.3 cm³/mol. The molecule has 0 aliphatic carbocycles. The number of likely N-dealkylation sites (tertiary alicyclic amines) is 1. The van der Waals surface area contributed by atoms with E-state index in [0.717, 1.165) is 37.5 Å². The summed E-state index contributed by atoms with van der Waals surface area (Å²) in [4.78, 5) is 7.28. The van der Waals surface area contributed by atoms with Crippen LogP contribution in [-0.4, -0.2) is 38.8 Å². The van der Waals surface area contributed by atoms with Crippen LogP contribution in [0.5, 0.6) is 0 Å². The van der Waals surface area contributed by atoms with Crippen LogP contribution in [0.2, 0.25) is 0 Å². The van der Waals surface area contributed by atoms with Gasteiger partial charge in [-0.15, -0.1) is 0 Å². The summed E-state index contributed by atoms with van der Waals surface area (Å²) in [7, 11) is 0. The molecule has 5 heteroatoms. The highest BCUT2D eigenvalue weighted by atomic mass is 15.4. The lowest BCUT2D eigenvalue weighted by atomic mass is 9.94. The topological polar surface area (TPSA) is 60.0 Å². The van der Waals surface area contributed by atoms with E-state index in [2.05, 4.69) is 23.8 Å². The van der Waals surface area contributed by atoms with Crippen molar-refractivity contribution in [2.75, 3.05) is 13.1 Å². The van der Waals surface area contributed by atoms with E-state index >= 15 is 0 Å². The minimum Gasteiger partial charge on any atom is -0.321 e. The van der Waals surface area contributed by atoms with Crippen LogP contribution in [0.4, 0.5) is 0 Å². The number of nitrogens with two attached hydrogens (primary N) is 1. The van der Waals surface area contributed by atoms with Crippen molar-refractivity contribution in [3.8, 4) is 0 Å². The summed E-state index contributed by atoms with van der Waals surface area (Å²) in [6.45, 7) is 7.99. The fourth-order valence-corrected chi connectivity index (χ4v) is 3.51. The van der Waals surface area contributed by atoms with Crippen LogP contribution in [0.15, 0.2) is 0 Å². The normalized spacial score (nSPS) is 27.8. The summed E-state index contributed by atoms with van der Waals surface area (Å²) in [6.07, 6.45) is 5.79. The van der Waals surface area contributed by atoms with E-state index in [1.54, 1.807) is 0 Å². The Balaban J connectivity index is 1.66. The van der Waals surface area contributed by atoms with E-state index in [0.29, 0.717) is 12.0 Å². The minimum atomic E-state index is 0.0866. The van der Waals surface area contributed by atoms with Gasteiger partial charge >= 0.3 is 0 Å². The smallest absolute Gasteiger partial charge is 0.151 e. The van der Waals surface area contributed by atoms with Crippen molar-refractivity contribution in [2.24, 2.45) is 11.7 Å². The molecule has 20 heavy (non-hydrogen) atoms. The summed E-state index contributed by atoms with van der Waals surface area (Å²) in [5.74, 6) is 2.71. The van der Waals surface area contributed by atoms with Gasteiger partial charge in [0.2, 0.25) is 0 Å². The average Bonchev–Trinajstić information content (AvgIpc) is 2.83. The zero-order valence-electron chi connectivity index (χ0n) is 12.8. The maximum Gasteiger partial charge on any atom is 0.151 e. The molecule has 5 nitrogen and oxygen atoms in total. The molecular formula is C15H27N5. The van der Waals surface area contributed by atoms with E-state index in [1.807, 2.05) is 4.68 Å². The molecule has 1 fully saturated rings. The van der Waals surface area contributed by atoms with Crippen LogP contribution >= 0.6 is 0 Å². The van der Waals surface area contributed by atoms with Crippen molar-refractivity contribution in [2.45, 2.75) is 64.6 Å². The fourth-order valence-electron chi connectivity index (χ4n) is 3.51. The molecule has 0 aromatic carbocycles. The molecule has 2 N–H and O–H groups in total. The van der Waals surface area contributed by atoms with Crippen molar-refractivity contribution in [1.29, 1.82) is 0 Å². The van der Waals surface area contributed by atoms with Gasteiger partial charge in [0.1, 0.15) is 5.82 Å². The maximum absolute atomic E-state index is 6.12. The molecule has 1 saturated heterocycles. The number of piperidine rings is 1. The second-order valence-electron chi connectivity index (χ2n) is 6.66. The molecule has 1 aromatic rings. The zero-order chi connectivity index (χ0) is 14.1. The van der Waals surface area contributed by atoms with E-state index < -0.39 is 0 Å². The highest BCUT2D eigenvalue weighted by Crippen LogP contribution is 2.24. The van der Waals surface area contributed by atoms with E-state index in [4.69, 9.17) is 10.7 Å². The first-order chi connectivity index (χ1) is 9.63. The van der Waals surface area contributed by atoms with Gasteiger partial charge in [-0.05, 0) is 52.0 Å². The molecule has 1 aromatic heterocycles. The Kier molecular flexibility index (Phi) is 4.08. The maximum atomic E-state index is 6.12. The number of fused-ring (bicyclic) bond motifs is 1. The van der Waals surface area contributed by atoms with Gasteiger partial charge in [0.25, 0.3) is 0 Å². The predicted octanol–water partition coefficient (Wildman–Crippen LogP) is 1.73. The lowest BCUT2D eigenvalue weighted by Crippen LogP contribution is -2.40. The first-order valence-corrected chi connectivity index (χ1v) is 8.06. The van der Waals surface area contributed by atoms with Crippen molar-refractivity contribution < 1.29 is 0 Å². The van der Waals surface area contributed by atoms with Crippen LogP contribution in [0.1, 0.15) is 57.2 Å². The number of nitrogens with zero attached hydrogens (tertiary/aromatic N) is 4. The summed E-state index contributed by atoms with van der Waals surface area (Å²) >= 11 is 0. The van der Waals surface area contributed by atoms with Gasteiger partial charge in [-0.2, -0.15) is 5.10 Å². The Morgan fingerprint density at radius 2 is 2.05 bits per heavy atom.